The summed E-state index contributed by atoms with van der Waals surface area (Å²) < 4.78 is 10.6. The molecule has 2 atom stereocenters. The van der Waals surface area contributed by atoms with Crippen molar-refractivity contribution in [3.05, 3.63) is 35.9 Å². The third-order valence-corrected chi connectivity index (χ3v) is 2.44. The predicted octanol–water partition coefficient (Wildman–Crippen LogP) is 0.592. The third kappa shape index (κ3) is 2.60. The molecule has 0 unspecified atom stereocenters. The molecule has 3 nitrogen and oxygen atoms in total. The minimum Gasteiger partial charge on any atom is -0.456 e. The second-order valence-corrected chi connectivity index (χ2v) is 3.77. The quantitative estimate of drug-likeness (QED) is 0.522. The predicted molar refractivity (Wildman–Crippen MR) is 58.5 cm³/mol. The Kier molecular flexibility index (Phi) is 3.06. The average Bonchev–Trinajstić information content (AvgIpc) is 2.65. The van der Waals surface area contributed by atoms with Crippen LogP contribution in [-0.4, -0.2) is 32.5 Å². The minimum absolute atomic E-state index is 0.0901. The van der Waals surface area contributed by atoms with E-state index in [2.05, 4.69) is 0 Å². The fraction of sp³-hybridized carbons (Fsp3) is 0.364. The van der Waals surface area contributed by atoms with Crippen molar-refractivity contribution in [2.75, 3.05) is 6.61 Å². The van der Waals surface area contributed by atoms with Gasteiger partial charge in [0, 0.05) is 12.4 Å². The molecule has 0 amide bonds. The van der Waals surface area contributed by atoms with Gasteiger partial charge in [-0.15, -0.1) is 0 Å². The summed E-state index contributed by atoms with van der Waals surface area (Å²) in [5, 5.41) is 0. The molecule has 1 aliphatic rings. The first kappa shape index (κ1) is 10.2. The van der Waals surface area contributed by atoms with Crippen LogP contribution in [0.25, 0.3) is 0 Å². The first-order valence-corrected chi connectivity index (χ1v) is 5.13. The second-order valence-electron chi connectivity index (χ2n) is 3.77. The molecular weight excluding hydrogens is 191 g/mol. The second kappa shape index (κ2) is 4.49. The van der Waals surface area contributed by atoms with Crippen LogP contribution < -0.4 is 0 Å². The lowest BCUT2D eigenvalue weighted by molar-refractivity contribution is 0.0267. The Morgan fingerprint density at radius 3 is 2.73 bits per heavy atom. The number of rotatable bonds is 2. The summed E-state index contributed by atoms with van der Waals surface area (Å²) >= 11 is 0. The molecule has 0 spiro atoms. The fourth-order valence-electron chi connectivity index (χ4n) is 1.65. The van der Waals surface area contributed by atoms with Crippen molar-refractivity contribution < 1.29 is 14.3 Å². The molecule has 0 radical (unpaired) electrons. The zero-order valence-electron chi connectivity index (χ0n) is 8.68. The summed E-state index contributed by atoms with van der Waals surface area (Å²) in [5.41, 5.74) is 0.594. The summed E-state index contributed by atoms with van der Waals surface area (Å²) in [7, 11) is 1.98. The Morgan fingerprint density at radius 1 is 1.40 bits per heavy atom. The van der Waals surface area contributed by atoms with E-state index in [1.165, 1.54) is 0 Å². The van der Waals surface area contributed by atoms with Crippen LogP contribution in [0.15, 0.2) is 30.3 Å². The van der Waals surface area contributed by atoms with Crippen LogP contribution in [0.2, 0.25) is 0 Å². The largest absolute Gasteiger partial charge is 0.456 e. The Balaban J connectivity index is 1.93. The highest BCUT2D eigenvalue weighted by atomic mass is 16.6. The fourth-order valence-corrected chi connectivity index (χ4v) is 1.65. The average molecular weight is 204 g/mol. The highest BCUT2D eigenvalue weighted by molar-refractivity contribution is 6.11. The molecule has 15 heavy (non-hydrogen) atoms. The summed E-state index contributed by atoms with van der Waals surface area (Å²) in [6, 6.07) is 9.22. The SMILES string of the molecule is B[C@H]1C[C@H](OC(=O)c2ccccc2)CO1. The monoisotopic (exact) mass is 204 g/mol. The Hall–Kier alpha value is -1.29. The van der Waals surface area contributed by atoms with Gasteiger partial charge in [-0.05, 0) is 12.1 Å². The molecule has 2 rings (SSSR count). The van der Waals surface area contributed by atoms with E-state index >= 15 is 0 Å². The lowest BCUT2D eigenvalue weighted by Gasteiger charge is -2.09. The zero-order chi connectivity index (χ0) is 10.7. The molecule has 0 N–H and O–H groups in total. The zero-order valence-corrected chi connectivity index (χ0v) is 8.68. The molecule has 1 aromatic carbocycles. The van der Waals surface area contributed by atoms with E-state index in [4.69, 9.17) is 9.47 Å². The number of carbonyl (C=O) groups excluding carboxylic acids is 1. The molecule has 0 aliphatic carbocycles. The Bertz CT molecular complexity index is 339. The smallest absolute Gasteiger partial charge is 0.338 e. The van der Waals surface area contributed by atoms with Crippen LogP contribution in [0.4, 0.5) is 0 Å². The van der Waals surface area contributed by atoms with Gasteiger partial charge in [-0.25, -0.2) is 4.79 Å². The van der Waals surface area contributed by atoms with Crippen molar-refractivity contribution in [2.24, 2.45) is 0 Å². The number of hydrogen-bond donors (Lipinski definition) is 0. The maximum Gasteiger partial charge on any atom is 0.338 e. The van der Waals surface area contributed by atoms with Gasteiger partial charge in [0.2, 0.25) is 0 Å². The first-order valence-electron chi connectivity index (χ1n) is 5.13. The van der Waals surface area contributed by atoms with E-state index in [0.29, 0.717) is 12.2 Å². The third-order valence-electron chi connectivity index (χ3n) is 2.44. The topological polar surface area (TPSA) is 35.5 Å². The maximum atomic E-state index is 11.6. The van der Waals surface area contributed by atoms with E-state index in [0.717, 1.165) is 6.42 Å². The van der Waals surface area contributed by atoms with E-state index < -0.39 is 0 Å². The Labute approximate surface area is 89.8 Å². The summed E-state index contributed by atoms with van der Waals surface area (Å²) in [6.45, 7) is 0.514. The van der Waals surface area contributed by atoms with E-state index in [1.54, 1.807) is 12.1 Å². The standard InChI is InChI=1S/C11H13BO3/c12-10-6-9(7-14-10)15-11(13)8-4-2-1-3-5-8/h1-5,9-10H,6-7,12H2/t9-,10+/m0/s1. The molecule has 0 saturated carbocycles. The van der Waals surface area contributed by atoms with Crippen LogP contribution >= 0.6 is 0 Å². The van der Waals surface area contributed by atoms with E-state index in [1.807, 2.05) is 26.0 Å². The molecule has 1 heterocycles. The van der Waals surface area contributed by atoms with Crippen molar-refractivity contribution in [1.82, 2.24) is 0 Å². The van der Waals surface area contributed by atoms with Gasteiger partial charge in [-0.2, -0.15) is 0 Å². The van der Waals surface area contributed by atoms with E-state index in [9.17, 15) is 4.79 Å². The molecule has 1 saturated heterocycles. The number of hydrogen-bond acceptors (Lipinski definition) is 3. The van der Waals surface area contributed by atoms with Gasteiger partial charge >= 0.3 is 5.97 Å². The van der Waals surface area contributed by atoms with Crippen molar-refractivity contribution in [2.45, 2.75) is 18.5 Å². The van der Waals surface area contributed by atoms with Crippen molar-refractivity contribution in [1.29, 1.82) is 0 Å². The normalized spacial score (nSPS) is 25.1. The van der Waals surface area contributed by atoms with Gasteiger partial charge in [0.05, 0.1) is 12.2 Å². The molecule has 1 aliphatic heterocycles. The van der Waals surface area contributed by atoms with Gasteiger partial charge in [0.25, 0.3) is 0 Å². The van der Waals surface area contributed by atoms with E-state index in [-0.39, 0.29) is 18.1 Å². The summed E-state index contributed by atoms with van der Waals surface area (Å²) in [4.78, 5) is 11.6. The van der Waals surface area contributed by atoms with Crippen molar-refractivity contribution >= 4 is 13.8 Å². The molecule has 1 aromatic rings. The van der Waals surface area contributed by atoms with Crippen LogP contribution in [0.3, 0.4) is 0 Å². The highest BCUT2D eigenvalue weighted by Crippen LogP contribution is 2.15. The van der Waals surface area contributed by atoms with Gasteiger partial charge in [-0.1, -0.05) is 18.2 Å². The van der Waals surface area contributed by atoms with Gasteiger partial charge < -0.3 is 9.47 Å². The van der Waals surface area contributed by atoms with Crippen LogP contribution in [0.1, 0.15) is 16.8 Å². The lowest BCUT2D eigenvalue weighted by atomic mass is 9.97. The number of ether oxygens (including phenoxy) is 2. The van der Waals surface area contributed by atoms with Gasteiger partial charge in [0.1, 0.15) is 14.0 Å². The van der Waals surface area contributed by atoms with Crippen molar-refractivity contribution in [3.8, 4) is 0 Å². The van der Waals surface area contributed by atoms with Crippen LogP contribution in [-0.2, 0) is 9.47 Å². The van der Waals surface area contributed by atoms with Crippen LogP contribution in [0, 0.1) is 0 Å². The minimum atomic E-state index is -0.265. The summed E-state index contributed by atoms with van der Waals surface area (Å²) in [5.74, 6) is -0.265. The highest BCUT2D eigenvalue weighted by Gasteiger charge is 2.25. The van der Waals surface area contributed by atoms with Crippen LogP contribution in [0.5, 0.6) is 0 Å². The number of esters is 1. The molecule has 0 bridgehead atoms. The van der Waals surface area contributed by atoms with Gasteiger partial charge in [-0.3, -0.25) is 0 Å². The number of benzene rings is 1. The molecular formula is C11H13BO3. The Morgan fingerprint density at radius 2 is 2.13 bits per heavy atom. The van der Waals surface area contributed by atoms with Crippen molar-refractivity contribution in [3.63, 3.8) is 0 Å². The first-order chi connectivity index (χ1) is 7.25. The molecule has 0 aromatic heterocycles. The van der Waals surface area contributed by atoms with Gasteiger partial charge in [0.15, 0.2) is 0 Å². The molecule has 78 valence electrons. The maximum absolute atomic E-state index is 11.6. The molecule has 1 fully saturated rings. The number of carbonyl (C=O) groups is 1. The molecule has 4 heteroatoms. The summed E-state index contributed by atoms with van der Waals surface area (Å²) in [6.07, 6.45) is 0.700. The lowest BCUT2D eigenvalue weighted by Crippen LogP contribution is -2.18.